The summed E-state index contributed by atoms with van der Waals surface area (Å²) >= 11 is 19.1. The molecule has 0 radical (unpaired) electrons. The van der Waals surface area contributed by atoms with Crippen molar-refractivity contribution in [3.63, 3.8) is 0 Å². The minimum atomic E-state index is -4.19. The van der Waals surface area contributed by atoms with Crippen molar-refractivity contribution in [2.45, 2.75) is 44.7 Å². The van der Waals surface area contributed by atoms with Crippen molar-refractivity contribution in [2.75, 3.05) is 17.4 Å². The molecule has 3 aromatic carbocycles. The molecule has 2 amide bonds. The molecule has 0 saturated carbocycles. The Bertz CT molecular complexity index is 1420. The second kappa shape index (κ2) is 14.2. The van der Waals surface area contributed by atoms with Crippen LogP contribution in [0.15, 0.2) is 77.7 Å². The Hall–Kier alpha value is -2.78. The van der Waals surface area contributed by atoms with Gasteiger partial charge in [-0.1, -0.05) is 85.9 Å². The summed E-state index contributed by atoms with van der Waals surface area (Å²) in [7, 11) is -4.19. The van der Waals surface area contributed by atoms with Gasteiger partial charge in [0, 0.05) is 33.7 Å². The minimum Gasteiger partial charge on any atom is -0.354 e. The first-order chi connectivity index (χ1) is 18.9. The molecule has 0 aliphatic heterocycles. The first kappa shape index (κ1) is 31.7. The molecule has 1 N–H and O–H groups in total. The number of nitrogens with zero attached hydrogens (tertiary/aromatic N) is 2. The number of hydrogen-bond donors (Lipinski definition) is 1. The highest BCUT2D eigenvalue weighted by Gasteiger charge is 2.34. The molecule has 3 aromatic rings. The maximum Gasteiger partial charge on any atom is 0.264 e. The van der Waals surface area contributed by atoms with Crippen LogP contribution in [-0.2, 0) is 26.2 Å². The van der Waals surface area contributed by atoms with Gasteiger partial charge in [-0.3, -0.25) is 13.9 Å². The number of carbonyl (C=O) groups is 2. The van der Waals surface area contributed by atoms with E-state index in [0.29, 0.717) is 27.2 Å². The number of carbonyl (C=O) groups excluding carboxylic acids is 2. The topological polar surface area (TPSA) is 86.8 Å². The first-order valence-electron chi connectivity index (χ1n) is 12.8. The van der Waals surface area contributed by atoms with Crippen LogP contribution in [0, 0.1) is 5.92 Å². The lowest BCUT2D eigenvalue weighted by Crippen LogP contribution is -2.52. The molecule has 0 saturated heterocycles. The number of rotatable bonds is 12. The summed E-state index contributed by atoms with van der Waals surface area (Å²) in [6, 6.07) is 18.1. The van der Waals surface area contributed by atoms with Crippen LogP contribution >= 0.6 is 34.8 Å². The van der Waals surface area contributed by atoms with Gasteiger partial charge < -0.3 is 10.2 Å². The van der Waals surface area contributed by atoms with Crippen molar-refractivity contribution < 1.29 is 18.0 Å². The maximum absolute atomic E-state index is 14.1. The van der Waals surface area contributed by atoms with E-state index in [1.54, 1.807) is 61.5 Å². The first-order valence-corrected chi connectivity index (χ1v) is 15.4. The van der Waals surface area contributed by atoms with Gasteiger partial charge in [0.1, 0.15) is 12.6 Å². The number of sulfonamides is 1. The van der Waals surface area contributed by atoms with E-state index in [4.69, 9.17) is 34.8 Å². The zero-order chi connectivity index (χ0) is 29.4. The van der Waals surface area contributed by atoms with Gasteiger partial charge in [0.15, 0.2) is 0 Å². The van der Waals surface area contributed by atoms with Crippen molar-refractivity contribution in [3.8, 4) is 0 Å². The van der Waals surface area contributed by atoms with Crippen LogP contribution in [0.1, 0.15) is 32.8 Å². The highest BCUT2D eigenvalue weighted by Crippen LogP contribution is 2.29. The summed E-state index contributed by atoms with van der Waals surface area (Å²) < 4.78 is 28.6. The molecule has 7 nitrogen and oxygen atoms in total. The zero-order valence-electron chi connectivity index (χ0n) is 22.5. The van der Waals surface area contributed by atoms with Crippen molar-refractivity contribution in [1.29, 1.82) is 0 Å². The van der Waals surface area contributed by atoms with Gasteiger partial charge in [-0.15, -0.1) is 0 Å². The summed E-state index contributed by atoms with van der Waals surface area (Å²) in [4.78, 5) is 28.7. The van der Waals surface area contributed by atoms with Crippen LogP contribution in [0.3, 0.4) is 0 Å². The van der Waals surface area contributed by atoms with Gasteiger partial charge in [0.25, 0.3) is 10.0 Å². The molecule has 0 heterocycles. The molecule has 0 fully saturated rings. The molecule has 1 unspecified atom stereocenters. The van der Waals surface area contributed by atoms with E-state index in [1.165, 1.54) is 23.1 Å². The molecule has 0 aliphatic rings. The third kappa shape index (κ3) is 7.91. The van der Waals surface area contributed by atoms with Crippen molar-refractivity contribution in [3.05, 3.63) is 93.4 Å². The Balaban J connectivity index is 2.08. The Morgan fingerprint density at radius 1 is 0.900 bits per heavy atom. The fourth-order valence-electron chi connectivity index (χ4n) is 4.08. The fraction of sp³-hybridized carbons (Fsp3) is 0.310. The highest BCUT2D eigenvalue weighted by molar-refractivity contribution is 7.92. The van der Waals surface area contributed by atoms with Gasteiger partial charge >= 0.3 is 0 Å². The van der Waals surface area contributed by atoms with Gasteiger partial charge in [0.05, 0.1) is 10.6 Å². The predicted octanol–water partition coefficient (Wildman–Crippen LogP) is 6.42. The molecule has 214 valence electrons. The van der Waals surface area contributed by atoms with Gasteiger partial charge in [-0.2, -0.15) is 0 Å². The average molecular weight is 625 g/mol. The predicted molar refractivity (Wildman–Crippen MR) is 161 cm³/mol. The van der Waals surface area contributed by atoms with Gasteiger partial charge in [-0.25, -0.2) is 8.42 Å². The van der Waals surface area contributed by atoms with Crippen LogP contribution in [0.5, 0.6) is 0 Å². The number of hydrogen-bond acceptors (Lipinski definition) is 4. The standard InChI is InChI=1S/C29H32Cl3N3O4S/c1-4-27(29(37)33-17-20(2)3)34(18-24-25(31)14-9-15-26(24)32)28(36)19-35(22-11-8-10-21(30)16-22)40(38,39)23-12-6-5-7-13-23/h5-16,20,27H,4,17-19H2,1-3H3,(H,33,37). The van der Waals surface area contributed by atoms with E-state index in [9.17, 15) is 18.0 Å². The molecule has 11 heteroatoms. The van der Waals surface area contributed by atoms with E-state index < -0.39 is 28.5 Å². The van der Waals surface area contributed by atoms with E-state index in [0.717, 1.165) is 4.31 Å². The van der Waals surface area contributed by atoms with Gasteiger partial charge in [-0.05, 0) is 54.8 Å². The second-order valence-corrected chi connectivity index (χ2v) is 12.7. The monoisotopic (exact) mass is 623 g/mol. The van der Waals surface area contributed by atoms with Crippen molar-refractivity contribution in [1.82, 2.24) is 10.2 Å². The third-order valence-corrected chi connectivity index (χ3v) is 8.90. The number of benzene rings is 3. The number of nitrogens with one attached hydrogen (secondary N) is 1. The summed E-state index contributed by atoms with van der Waals surface area (Å²) in [6.45, 7) is 5.44. The normalized spacial score (nSPS) is 12.2. The largest absolute Gasteiger partial charge is 0.354 e. The molecule has 1 atom stereocenters. The molecule has 3 rings (SSSR count). The third-order valence-electron chi connectivity index (χ3n) is 6.17. The lowest BCUT2D eigenvalue weighted by Gasteiger charge is -2.33. The Morgan fingerprint density at radius 2 is 1.52 bits per heavy atom. The molecule has 0 spiro atoms. The number of halogens is 3. The molecular formula is C29H32Cl3N3O4S. The smallest absolute Gasteiger partial charge is 0.264 e. The molecule has 0 bridgehead atoms. The van der Waals surface area contributed by atoms with E-state index in [-0.39, 0.29) is 35.4 Å². The minimum absolute atomic E-state index is 0.00481. The zero-order valence-corrected chi connectivity index (χ0v) is 25.6. The number of amides is 2. The van der Waals surface area contributed by atoms with Crippen LogP contribution < -0.4 is 9.62 Å². The molecule has 40 heavy (non-hydrogen) atoms. The fourth-order valence-corrected chi connectivity index (χ4v) is 6.20. The quantitative estimate of drug-likeness (QED) is 0.252. The van der Waals surface area contributed by atoms with Crippen LogP contribution in [0.4, 0.5) is 5.69 Å². The molecular weight excluding hydrogens is 593 g/mol. The van der Waals surface area contributed by atoms with E-state index in [2.05, 4.69) is 5.32 Å². The van der Waals surface area contributed by atoms with E-state index in [1.807, 2.05) is 13.8 Å². The number of anilines is 1. The second-order valence-electron chi connectivity index (χ2n) is 9.59. The lowest BCUT2D eigenvalue weighted by molar-refractivity contribution is -0.140. The highest BCUT2D eigenvalue weighted by atomic mass is 35.5. The van der Waals surface area contributed by atoms with Crippen LogP contribution in [0.25, 0.3) is 0 Å². The van der Waals surface area contributed by atoms with Crippen molar-refractivity contribution >= 4 is 62.3 Å². The van der Waals surface area contributed by atoms with Crippen LogP contribution in [-0.4, -0.2) is 44.3 Å². The molecule has 0 aliphatic carbocycles. The summed E-state index contributed by atoms with van der Waals surface area (Å²) in [5.41, 5.74) is 0.659. The SMILES string of the molecule is CCC(C(=O)NCC(C)C)N(Cc1c(Cl)cccc1Cl)C(=O)CN(c1cccc(Cl)c1)S(=O)(=O)c1ccccc1. The maximum atomic E-state index is 14.1. The Labute approximate surface area is 251 Å². The summed E-state index contributed by atoms with van der Waals surface area (Å²) in [5.74, 6) is -0.770. The lowest BCUT2D eigenvalue weighted by atomic mass is 10.1. The van der Waals surface area contributed by atoms with Crippen LogP contribution in [0.2, 0.25) is 15.1 Å². The van der Waals surface area contributed by atoms with Crippen molar-refractivity contribution in [2.24, 2.45) is 5.92 Å². The Morgan fingerprint density at radius 3 is 2.10 bits per heavy atom. The summed E-state index contributed by atoms with van der Waals surface area (Å²) in [5, 5.41) is 3.84. The molecule has 0 aromatic heterocycles. The van der Waals surface area contributed by atoms with E-state index >= 15 is 0 Å². The van der Waals surface area contributed by atoms with Gasteiger partial charge in [0.2, 0.25) is 11.8 Å². The Kier molecular flexibility index (Phi) is 11.3. The average Bonchev–Trinajstić information content (AvgIpc) is 2.92. The summed E-state index contributed by atoms with van der Waals surface area (Å²) in [6.07, 6.45) is 0.278.